The first-order valence-electron chi connectivity index (χ1n) is 7.38. The Balaban J connectivity index is 2.49. The summed E-state index contributed by atoms with van der Waals surface area (Å²) in [6.07, 6.45) is 4.02. The molecule has 1 heterocycles. The molecule has 19 heavy (non-hydrogen) atoms. The van der Waals surface area contributed by atoms with E-state index >= 15 is 0 Å². The van der Waals surface area contributed by atoms with E-state index in [-0.39, 0.29) is 0 Å². The second kappa shape index (κ2) is 8.10. The van der Waals surface area contributed by atoms with E-state index < -0.39 is 0 Å². The number of hydrogen-bond donors (Lipinski definition) is 1. The zero-order valence-corrected chi connectivity index (χ0v) is 12.5. The largest absolute Gasteiger partial charge is 0.330 e. The zero-order chi connectivity index (χ0) is 14.3. The van der Waals surface area contributed by atoms with Gasteiger partial charge in [0.1, 0.15) is 5.78 Å². The highest BCUT2D eigenvalue weighted by atomic mass is 16.1. The van der Waals surface area contributed by atoms with Crippen LogP contribution >= 0.6 is 0 Å². The molecule has 0 saturated heterocycles. The standard InChI is InChI=1S/C15H27N3O/c1-4-13-10-14(18(5-2)17-13)11-15(19)7-6-12(3)8-9-16/h10,12H,4-9,11,16H2,1-3H3. The van der Waals surface area contributed by atoms with Crippen molar-refractivity contribution in [1.82, 2.24) is 9.78 Å². The van der Waals surface area contributed by atoms with Gasteiger partial charge in [0.15, 0.2) is 0 Å². The van der Waals surface area contributed by atoms with Gasteiger partial charge in [-0.3, -0.25) is 9.48 Å². The maximum Gasteiger partial charge on any atom is 0.138 e. The highest BCUT2D eigenvalue weighted by Crippen LogP contribution is 2.12. The van der Waals surface area contributed by atoms with Gasteiger partial charge in [-0.1, -0.05) is 13.8 Å². The highest BCUT2D eigenvalue weighted by molar-refractivity contribution is 5.80. The maximum absolute atomic E-state index is 12.0. The molecule has 0 spiro atoms. The first-order chi connectivity index (χ1) is 9.10. The predicted molar refractivity (Wildman–Crippen MR) is 78.1 cm³/mol. The molecule has 0 bridgehead atoms. The second-order valence-corrected chi connectivity index (χ2v) is 5.23. The number of hydrogen-bond acceptors (Lipinski definition) is 3. The molecule has 1 unspecified atom stereocenters. The molecule has 1 aromatic rings. The Morgan fingerprint density at radius 2 is 2.16 bits per heavy atom. The van der Waals surface area contributed by atoms with Crippen molar-refractivity contribution in [1.29, 1.82) is 0 Å². The van der Waals surface area contributed by atoms with Crippen LogP contribution in [0, 0.1) is 5.92 Å². The van der Waals surface area contributed by atoms with Gasteiger partial charge in [0.25, 0.3) is 0 Å². The Kier molecular flexibility index (Phi) is 6.78. The Hall–Kier alpha value is -1.16. The third-order valence-electron chi connectivity index (χ3n) is 3.53. The van der Waals surface area contributed by atoms with Crippen molar-refractivity contribution in [2.24, 2.45) is 11.7 Å². The number of aromatic nitrogens is 2. The van der Waals surface area contributed by atoms with Gasteiger partial charge in [-0.15, -0.1) is 0 Å². The van der Waals surface area contributed by atoms with Crippen LogP contribution in [-0.2, 0) is 24.2 Å². The molecule has 0 radical (unpaired) electrons. The van der Waals surface area contributed by atoms with Crippen LogP contribution in [0.1, 0.15) is 51.4 Å². The van der Waals surface area contributed by atoms with Gasteiger partial charge >= 0.3 is 0 Å². The van der Waals surface area contributed by atoms with E-state index in [1.54, 1.807) is 0 Å². The lowest BCUT2D eigenvalue weighted by Gasteiger charge is -2.09. The summed E-state index contributed by atoms with van der Waals surface area (Å²) in [5.41, 5.74) is 7.64. The molecule has 4 heteroatoms. The van der Waals surface area contributed by atoms with Crippen molar-refractivity contribution >= 4 is 5.78 Å². The number of ketones is 1. The van der Waals surface area contributed by atoms with Crippen molar-refractivity contribution in [3.8, 4) is 0 Å². The van der Waals surface area contributed by atoms with Crippen molar-refractivity contribution in [3.63, 3.8) is 0 Å². The van der Waals surface area contributed by atoms with Gasteiger partial charge in [0.2, 0.25) is 0 Å². The molecule has 0 amide bonds. The summed E-state index contributed by atoms with van der Waals surface area (Å²) in [6.45, 7) is 7.84. The van der Waals surface area contributed by atoms with Gasteiger partial charge in [-0.25, -0.2) is 0 Å². The fourth-order valence-electron chi connectivity index (χ4n) is 2.23. The van der Waals surface area contributed by atoms with Crippen molar-refractivity contribution < 1.29 is 4.79 Å². The van der Waals surface area contributed by atoms with E-state index in [9.17, 15) is 4.79 Å². The lowest BCUT2D eigenvalue weighted by atomic mass is 9.99. The smallest absolute Gasteiger partial charge is 0.138 e. The summed E-state index contributed by atoms with van der Waals surface area (Å²) in [7, 11) is 0. The highest BCUT2D eigenvalue weighted by Gasteiger charge is 2.12. The Bertz CT molecular complexity index is 398. The van der Waals surface area contributed by atoms with Crippen LogP contribution in [0.3, 0.4) is 0 Å². The van der Waals surface area contributed by atoms with E-state index in [1.807, 2.05) is 4.68 Å². The quantitative estimate of drug-likeness (QED) is 0.745. The van der Waals surface area contributed by atoms with Crippen LogP contribution in [0.15, 0.2) is 6.07 Å². The average molecular weight is 265 g/mol. The summed E-state index contributed by atoms with van der Waals surface area (Å²) >= 11 is 0. The lowest BCUT2D eigenvalue weighted by Crippen LogP contribution is -2.11. The van der Waals surface area contributed by atoms with Crippen LogP contribution in [0.4, 0.5) is 0 Å². The van der Waals surface area contributed by atoms with E-state index in [1.165, 1.54) is 0 Å². The third-order valence-corrected chi connectivity index (χ3v) is 3.53. The summed E-state index contributed by atoms with van der Waals surface area (Å²) in [6, 6.07) is 2.06. The van der Waals surface area contributed by atoms with Crippen LogP contribution in [0.2, 0.25) is 0 Å². The van der Waals surface area contributed by atoms with Crippen molar-refractivity contribution in [2.45, 2.75) is 59.4 Å². The monoisotopic (exact) mass is 265 g/mol. The predicted octanol–water partition coefficient (Wildman–Crippen LogP) is 2.34. The zero-order valence-electron chi connectivity index (χ0n) is 12.5. The lowest BCUT2D eigenvalue weighted by molar-refractivity contribution is -0.118. The minimum Gasteiger partial charge on any atom is -0.330 e. The molecule has 0 fully saturated rings. The fraction of sp³-hybridized carbons (Fsp3) is 0.733. The van der Waals surface area contributed by atoms with Gasteiger partial charge in [-0.2, -0.15) is 5.10 Å². The summed E-state index contributed by atoms with van der Waals surface area (Å²) in [5, 5.41) is 4.47. The van der Waals surface area contributed by atoms with Crippen LogP contribution in [0.25, 0.3) is 0 Å². The Labute approximate surface area is 116 Å². The molecular weight excluding hydrogens is 238 g/mol. The minimum absolute atomic E-state index is 0.307. The molecule has 2 N–H and O–H groups in total. The number of rotatable bonds is 9. The molecule has 0 aliphatic rings. The SMILES string of the molecule is CCc1cc(CC(=O)CCC(C)CCN)n(CC)n1. The molecule has 0 aliphatic carbocycles. The van der Waals surface area contributed by atoms with Crippen LogP contribution < -0.4 is 5.73 Å². The van der Waals surface area contributed by atoms with Crippen LogP contribution in [0.5, 0.6) is 0 Å². The van der Waals surface area contributed by atoms with E-state index in [0.29, 0.717) is 31.1 Å². The number of nitrogens with zero attached hydrogens (tertiary/aromatic N) is 2. The Morgan fingerprint density at radius 3 is 2.74 bits per heavy atom. The molecular formula is C15H27N3O. The molecule has 1 atom stereocenters. The normalized spacial score (nSPS) is 12.6. The first kappa shape index (κ1) is 15.9. The topological polar surface area (TPSA) is 60.9 Å². The number of aryl methyl sites for hydroxylation is 2. The second-order valence-electron chi connectivity index (χ2n) is 5.23. The Morgan fingerprint density at radius 1 is 1.42 bits per heavy atom. The summed E-state index contributed by atoms with van der Waals surface area (Å²) in [5.74, 6) is 0.845. The van der Waals surface area contributed by atoms with Gasteiger partial charge in [0, 0.05) is 25.1 Å². The molecule has 0 saturated carbocycles. The first-order valence-corrected chi connectivity index (χ1v) is 7.38. The third kappa shape index (κ3) is 5.15. The number of Topliss-reactive ketones (excluding diaryl/α,β-unsaturated/α-hetero) is 1. The molecule has 0 aliphatic heterocycles. The van der Waals surface area contributed by atoms with Crippen molar-refractivity contribution in [3.05, 3.63) is 17.5 Å². The molecule has 0 aromatic carbocycles. The van der Waals surface area contributed by atoms with Crippen LogP contribution in [-0.4, -0.2) is 22.1 Å². The average Bonchev–Trinajstić information content (AvgIpc) is 2.79. The number of carbonyl (C=O) groups excluding carboxylic acids is 1. The molecule has 1 rings (SSSR count). The minimum atomic E-state index is 0.307. The summed E-state index contributed by atoms with van der Waals surface area (Å²) in [4.78, 5) is 12.0. The van der Waals surface area contributed by atoms with Gasteiger partial charge in [0.05, 0.1) is 5.69 Å². The number of nitrogens with two attached hydrogens (primary N) is 1. The summed E-state index contributed by atoms with van der Waals surface area (Å²) < 4.78 is 1.94. The van der Waals surface area contributed by atoms with Crippen molar-refractivity contribution in [2.75, 3.05) is 6.54 Å². The van der Waals surface area contributed by atoms with Gasteiger partial charge in [-0.05, 0) is 44.7 Å². The van der Waals surface area contributed by atoms with E-state index in [0.717, 1.165) is 37.2 Å². The fourth-order valence-corrected chi connectivity index (χ4v) is 2.23. The number of carbonyl (C=O) groups is 1. The van der Waals surface area contributed by atoms with E-state index in [4.69, 9.17) is 5.73 Å². The molecule has 108 valence electrons. The maximum atomic E-state index is 12.0. The van der Waals surface area contributed by atoms with E-state index in [2.05, 4.69) is 31.9 Å². The van der Waals surface area contributed by atoms with Gasteiger partial charge < -0.3 is 5.73 Å². The molecule has 1 aromatic heterocycles. The molecule has 4 nitrogen and oxygen atoms in total.